The van der Waals surface area contributed by atoms with Crippen LogP contribution in [0.2, 0.25) is 0 Å². The summed E-state index contributed by atoms with van der Waals surface area (Å²) in [7, 11) is 0. The van der Waals surface area contributed by atoms with Crippen molar-refractivity contribution in [3.63, 3.8) is 0 Å². The molecule has 0 aromatic heterocycles. The molecule has 0 amide bonds. The molecule has 118 valence electrons. The van der Waals surface area contributed by atoms with Gasteiger partial charge in [0.05, 0.1) is 6.10 Å². The molecule has 1 saturated carbocycles. The summed E-state index contributed by atoms with van der Waals surface area (Å²) in [5.74, 6) is 1.82. The quantitative estimate of drug-likeness (QED) is 0.682. The Morgan fingerprint density at radius 3 is 2.86 bits per heavy atom. The zero-order chi connectivity index (χ0) is 15.6. The van der Waals surface area contributed by atoms with Gasteiger partial charge >= 0.3 is 0 Å². The first-order valence-corrected chi connectivity index (χ1v) is 8.58. The predicted octanol–water partition coefficient (Wildman–Crippen LogP) is 5.28. The van der Waals surface area contributed by atoms with Crippen LogP contribution in [-0.4, -0.2) is 11.2 Å². The van der Waals surface area contributed by atoms with Crippen LogP contribution in [-0.2, 0) is 0 Å². The highest BCUT2D eigenvalue weighted by molar-refractivity contribution is 5.24. The molecule has 0 bridgehead atoms. The van der Waals surface area contributed by atoms with E-state index in [1.54, 1.807) is 0 Å². The van der Waals surface area contributed by atoms with Gasteiger partial charge in [-0.1, -0.05) is 42.7 Å². The van der Waals surface area contributed by atoms with Gasteiger partial charge in [-0.15, -0.1) is 6.58 Å². The Kier molecular flexibility index (Phi) is 5.48. The molecule has 0 saturated heterocycles. The van der Waals surface area contributed by atoms with E-state index in [4.69, 9.17) is 0 Å². The molecule has 1 fully saturated rings. The van der Waals surface area contributed by atoms with Crippen molar-refractivity contribution in [2.24, 2.45) is 23.7 Å². The van der Waals surface area contributed by atoms with Crippen molar-refractivity contribution in [2.45, 2.75) is 65.4 Å². The molecule has 21 heavy (non-hydrogen) atoms. The lowest BCUT2D eigenvalue weighted by Gasteiger charge is -2.33. The van der Waals surface area contributed by atoms with Gasteiger partial charge in [-0.25, -0.2) is 0 Å². The van der Waals surface area contributed by atoms with Crippen molar-refractivity contribution >= 4 is 0 Å². The Morgan fingerprint density at radius 1 is 1.48 bits per heavy atom. The fraction of sp³-hybridized carbons (Fsp3) is 0.700. The van der Waals surface area contributed by atoms with Gasteiger partial charge < -0.3 is 5.11 Å². The molecule has 1 heteroatoms. The Morgan fingerprint density at radius 2 is 2.19 bits per heavy atom. The van der Waals surface area contributed by atoms with Gasteiger partial charge in [0.15, 0.2) is 0 Å². The molecule has 2 aliphatic carbocycles. The summed E-state index contributed by atoms with van der Waals surface area (Å²) in [5.41, 5.74) is 4.02. The average molecular weight is 288 g/mol. The molecule has 2 rings (SSSR count). The minimum atomic E-state index is -0.187. The zero-order valence-corrected chi connectivity index (χ0v) is 14.1. The monoisotopic (exact) mass is 288 g/mol. The SMILES string of the molecule is C=C(C)CCCC(C)C1CCC(=C)C2CC=C(C)C2C1O. The van der Waals surface area contributed by atoms with E-state index in [9.17, 15) is 5.11 Å². The summed E-state index contributed by atoms with van der Waals surface area (Å²) >= 11 is 0. The van der Waals surface area contributed by atoms with Crippen molar-refractivity contribution in [2.75, 3.05) is 0 Å². The molecule has 0 aromatic rings. The number of fused-ring (bicyclic) bond motifs is 1. The van der Waals surface area contributed by atoms with Crippen LogP contribution in [0.1, 0.15) is 59.3 Å². The van der Waals surface area contributed by atoms with Crippen LogP contribution in [0, 0.1) is 23.7 Å². The topological polar surface area (TPSA) is 20.2 Å². The number of aliphatic hydroxyl groups is 1. The molecule has 0 heterocycles. The van der Waals surface area contributed by atoms with Crippen molar-refractivity contribution in [1.82, 2.24) is 0 Å². The number of rotatable bonds is 5. The Bertz CT molecular complexity index is 431. The predicted molar refractivity (Wildman–Crippen MR) is 91.1 cm³/mol. The van der Waals surface area contributed by atoms with Crippen molar-refractivity contribution in [3.8, 4) is 0 Å². The van der Waals surface area contributed by atoms with Gasteiger partial charge in [0.2, 0.25) is 0 Å². The normalized spacial score (nSPS) is 34.1. The lowest BCUT2D eigenvalue weighted by Crippen LogP contribution is -2.34. The van der Waals surface area contributed by atoms with E-state index in [1.165, 1.54) is 29.6 Å². The molecule has 5 atom stereocenters. The molecular formula is C20H32O. The maximum atomic E-state index is 11.0. The van der Waals surface area contributed by atoms with E-state index in [-0.39, 0.29) is 6.10 Å². The van der Waals surface area contributed by atoms with Gasteiger partial charge in [-0.05, 0) is 63.7 Å². The smallest absolute Gasteiger partial charge is 0.0642 e. The standard InChI is InChI=1S/C20H32O/c1-13(2)7-6-8-14(3)18-12-9-15(4)17-11-10-16(5)19(17)20(18)21/h10,14,17-21H,1,4,6-9,11-12H2,2-3,5H3. The lowest BCUT2D eigenvalue weighted by atomic mass is 9.76. The second-order valence-electron chi connectivity index (χ2n) is 7.49. The Hall–Kier alpha value is -0.820. The molecule has 0 radical (unpaired) electrons. The minimum Gasteiger partial charge on any atom is -0.392 e. The molecule has 0 spiro atoms. The Labute approximate surface area is 130 Å². The van der Waals surface area contributed by atoms with E-state index < -0.39 is 0 Å². The maximum Gasteiger partial charge on any atom is 0.0642 e. The fourth-order valence-corrected chi connectivity index (χ4v) is 4.38. The number of aliphatic hydroxyl groups excluding tert-OH is 1. The first-order chi connectivity index (χ1) is 9.91. The van der Waals surface area contributed by atoms with Crippen LogP contribution < -0.4 is 0 Å². The van der Waals surface area contributed by atoms with Crippen LogP contribution in [0.3, 0.4) is 0 Å². The highest BCUT2D eigenvalue weighted by atomic mass is 16.3. The third-order valence-corrected chi connectivity index (χ3v) is 5.78. The molecule has 0 aliphatic heterocycles. The summed E-state index contributed by atoms with van der Waals surface area (Å²) < 4.78 is 0. The van der Waals surface area contributed by atoms with E-state index in [0.717, 1.165) is 25.7 Å². The molecule has 2 aliphatic rings. The van der Waals surface area contributed by atoms with Gasteiger partial charge in [-0.2, -0.15) is 0 Å². The second-order valence-corrected chi connectivity index (χ2v) is 7.49. The van der Waals surface area contributed by atoms with E-state index in [2.05, 4.69) is 40.0 Å². The summed E-state index contributed by atoms with van der Waals surface area (Å²) in [5, 5.41) is 11.0. The highest BCUT2D eigenvalue weighted by Crippen LogP contribution is 2.47. The van der Waals surface area contributed by atoms with E-state index >= 15 is 0 Å². The molecule has 1 nitrogen and oxygen atoms in total. The summed E-state index contributed by atoms with van der Waals surface area (Å²) in [4.78, 5) is 0. The van der Waals surface area contributed by atoms with Gasteiger partial charge in [0.1, 0.15) is 0 Å². The highest BCUT2D eigenvalue weighted by Gasteiger charge is 2.42. The van der Waals surface area contributed by atoms with Crippen molar-refractivity contribution in [3.05, 3.63) is 36.0 Å². The average Bonchev–Trinajstić information content (AvgIpc) is 2.74. The van der Waals surface area contributed by atoms with Gasteiger partial charge in [0, 0.05) is 5.92 Å². The van der Waals surface area contributed by atoms with Gasteiger partial charge in [-0.3, -0.25) is 0 Å². The summed E-state index contributed by atoms with van der Waals surface area (Å²) in [6.45, 7) is 14.9. The third kappa shape index (κ3) is 3.69. The summed E-state index contributed by atoms with van der Waals surface area (Å²) in [6.07, 6.45) is 8.92. The van der Waals surface area contributed by atoms with Crippen LogP contribution in [0.4, 0.5) is 0 Å². The van der Waals surface area contributed by atoms with E-state index in [1.807, 2.05) is 0 Å². The van der Waals surface area contributed by atoms with Crippen molar-refractivity contribution in [1.29, 1.82) is 0 Å². The number of hydrogen-bond acceptors (Lipinski definition) is 1. The first kappa shape index (κ1) is 16.5. The maximum absolute atomic E-state index is 11.0. The Balaban J connectivity index is 2.03. The minimum absolute atomic E-state index is 0.187. The lowest BCUT2D eigenvalue weighted by molar-refractivity contribution is 0.0301. The second kappa shape index (κ2) is 6.96. The molecular weight excluding hydrogens is 256 g/mol. The molecule has 5 unspecified atom stereocenters. The molecule has 0 aromatic carbocycles. The largest absolute Gasteiger partial charge is 0.392 e. The molecule has 1 N–H and O–H groups in total. The van der Waals surface area contributed by atoms with Gasteiger partial charge in [0.25, 0.3) is 0 Å². The van der Waals surface area contributed by atoms with Crippen LogP contribution in [0.25, 0.3) is 0 Å². The van der Waals surface area contributed by atoms with Crippen LogP contribution in [0.15, 0.2) is 36.0 Å². The van der Waals surface area contributed by atoms with Crippen LogP contribution >= 0.6 is 0 Å². The zero-order valence-electron chi connectivity index (χ0n) is 14.1. The number of hydrogen-bond donors (Lipinski definition) is 1. The summed E-state index contributed by atoms with van der Waals surface area (Å²) in [6, 6.07) is 0. The van der Waals surface area contributed by atoms with Crippen LogP contribution in [0.5, 0.6) is 0 Å². The third-order valence-electron chi connectivity index (χ3n) is 5.78. The van der Waals surface area contributed by atoms with E-state index in [0.29, 0.717) is 23.7 Å². The first-order valence-electron chi connectivity index (χ1n) is 8.58. The fourth-order valence-electron chi connectivity index (χ4n) is 4.38. The number of allylic oxidation sites excluding steroid dienone is 3. The van der Waals surface area contributed by atoms with Crippen molar-refractivity contribution < 1.29 is 5.11 Å².